The van der Waals surface area contributed by atoms with Gasteiger partial charge in [-0.1, -0.05) is 12.1 Å². The number of hydrogen-bond acceptors (Lipinski definition) is 4. The Hall–Kier alpha value is -2.21. The molecule has 0 aliphatic heterocycles. The van der Waals surface area contributed by atoms with Crippen LogP contribution in [0.15, 0.2) is 41.3 Å². The number of carbonyl (C=O) groups is 1. The van der Waals surface area contributed by atoms with E-state index < -0.39 is 15.8 Å². The van der Waals surface area contributed by atoms with E-state index in [1.54, 1.807) is 25.1 Å². The average Bonchev–Trinajstić information content (AvgIpc) is 2.37. The van der Waals surface area contributed by atoms with Crippen molar-refractivity contribution in [3.8, 4) is 11.1 Å². The highest BCUT2D eigenvalue weighted by molar-refractivity contribution is 7.90. The smallest absolute Gasteiger partial charge is 0.354 e. The fraction of sp³-hybridized carbons (Fsp3) is 0.143. The van der Waals surface area contributed by atoms with Crippen molar-refractivity contribution in [2.24, 2.45) is 0 Å². The van der Waals surface area contributed by atoms with Crippen molar-refractivity contribution in [3.63, 3.8) is 0 Å². The van der Waals surface area contributed by atoms with E-state index in [2.05, 4.69) is 4.98 Å². The summed E-state index contributed by atoms with van der Waals surface area (Å²) < 4.78 is 23.1. The number of sulfone groups is 1. The lowest BCUT2D eigenvalue weighted by Gasteiger charge is -2.06. The molecule has 0 amide bonds. The lowest BCUT2D eigenvalue weighted by atomic mass is 10.1. The summed E-state index contributed by atoms with van der Waals surface area (Å²) in [4.78, 5) is 15.1. The molecule has 1 aromatic heterocycles. The summed E-state index contributed by atoms with van der Waals surface area (Å²) >= 11 is 0. The molecule has 0 spiro atoms. The first kappa shape index (κ1) is 14.2. The quantitative estimate of drug-likeness (QED) is 0.936. The summed E-state index contributed by atoms with van der Waals surface area (Å²) in [5, 5.41) is 9.01. The summed E-state index contributed by atoms with van der Waals surface area (Å²) in [7, 11) is -3.30. The number of aryl methyl sites for hydroxylation is 1. The van der Waals surface area contributed by atoms with Crippen LogP contribution in [0.25, 0.3) is 11.1 Å². The molecule has 0 unspecified atom stereocenters. The highest BCUT2D eigenvalue weighted by Crippen LogP contribution is 2.23. The van der Waals surface area contributed by atoms with Crippen LogP contribution in [-0.2, 0) is 9.84 Å². The van der Waals surface area contributed by atoms with Crippen LogP contribution in [0.3, 0.4) is 0 Å². The first-order chi connectivity index (χ1) is 9.27. The molecule has 0 fully saturated rings. The third-order valence-electron chi connectivity index (χ3n) is 2.77. The van der Waals surface area contributed by atoms with E-state index in [-0.39, 0.29) is 10.6 Å². The lowest BCUT2D eigenvalue weighted by molar-refractivity contribution is 0.0690. The van der Waals surface area contributed by atoms with Gasteiger partial charge in [0.15, 0.2) is 9.84 Å². The van der Waals surface area contributed by atoms with Gasteiger partial charge in [0.05, 0.1) is 4.90 Å². The van der Waals surface area contributed by atoms with Crippen LogP contribution in [0.1, 0.15) is 16.2 Å². The summed E-state index contributed by atoms with van der Waals surface area (Å²) in [6.45, 7) is 1.69. The predicted molar refractivity (Wildman–Crippen MR) is 74.5 cm³/mol. The average molecular weight is 291 g/mol. The van der Waals surface area contributed by atoms with Gasteiger partial charge in [0.1, 0.15) is 5.69 Å². The Bertz CT molecular complexity index is 782. The maximum Gasteiger partial charge on any atom is 0.354 e. The highest BCUT2D eigenvalue weighted by atomic mass is 32.2. The van der Waals surface area contributed by atoms with E-state index in [0.717, 1.165) is 6.26 Å². The van der Waals surface area contributed by atoms with Crippen molar-refractivity contribution < 1.29 is 18.3 Å². The number of nitrogens with zero attached hydrogens (tertiary/aromatic N) is 1. The van der Waals surface area contributed by atoms with Gasteiger partial charge in [-0.25, -0.2) is 18.2 Å². The molecule has 1 heterocycles. The molecule has 0 aliphatic rings. The van der Waals surface area contributed by atoms with Crippen LogP contribution >= 0.6 is 0 Å². The second-order valence-electron chi connectivity index (χ2n) is 4.49. The van der Waals surface area contributed by atoms with Crippen LogP contribution in [-0.4, -0.2) is 30.7 Å². The summed E-state index contributed by atoms with van der Waals surface area (Å²) in [5.41, 5.74) is 1.76. The number of aromatic carboxylic acids is 1. The van der Waals surface area contributed by atoms with E-state index in [1.165, 1.54) is 18.2 Å². The number of aromatic nitrogens is 1. The zero-order valence-electron chi connectivity index (χ0n) is 11.0. The molecule has 1 aromatic carbocycles. The Morgan fingerprint density at radius 2 is 1.85 bits per heavy atom. The molecule has 104 valence electrons. The second-order valence-corrected chi connectivity index (χ2v) is 6.50. The monoisotopic (exact) mass is 291 g/mol. The first-order valence-corrected chi connectivity index (χ1v) is 7.69. The second kappa shape index (κ2) is 5.05. The van der Waals surface area contributed by atoms with Crippen molar-refractivity contribution in [3.05, 3.63) is 47.8 Å². The van der Waals surface area contributed by atoms with Gasteiger partial charge in [0.25, 0.3) is 0 Å². The topological polar surface area (TPSA) is 84.3 Å². The summed E-state index contributed by atoms with van der Waals surface area (Å²) in [5.74, 6) is -1.12. The van der Waals surface area contributed by atoms with Crippen molar-refractivity contribution in [1.82, 2.24) is 4.98 Å². The number of benzene rings is 1. The number of rotatable bonds is 3. The molecule has 0 saturated heterocycles. The third-order valence-corrected chi connectivity index (χ3v) is 3.88. The van der Waals surface area contributed by atoms with Gasteiger partial charge < -0.3 is 5.11 Å². The van der Waals surface area contributed by atoms with Crippen LogP contribution < -0.4 is 0 Å². The molecule has 0 saturated carbocycles. The molecule has 5 nitrogen and oxygen atoms in total. The first-order valence-electron chi connectivity index (χ1n) is 5.80. The van der Waals surface area contributed by atoms with Crippen LogP contribution in [0.2, 0.25) is 0 Å². The molecule has 2 rings (SSSR count). The highest BCUT2D eigenvalue weighted by Gasteiger charge is 2.11. The van der Waals surface area contributed by atoms with E-state index in [0.29, 0.717) is 16.8 Å². The fourth-order valence-electron chi connectivity index (χ4n) is 1.85. The molecule has 6 heteroatoms. The van der Waals surface area contributed by atoms with E-state index in [1.807, 2.05) is 0 Å². The van der Waals surface area contributed by atoms with Gasteiger partial charge >= 0.3 is 5.97 Å². The van der Waals surface area contributed by atoms with Gasteiger partial charge in [-0.15, -0.1) is 0 Å². The minimum absolute atomic E-state index is 0.0650. The molecule has 20 heavy (non-hydrogen) atoms. The van der Waals surface area contributed by atoms with E-state index in [9.17, 15) is 13.2 Å². The van der Waals surface area contributed by atoms with Crippen molar-refractivity contribution in [2.45, 2.75) is 11.8 Å². The van der Waals surface area contributed by atoms with Gasteiger partial charge in [0.2, 0.25) is 0 Å². The zero-order valence-corrected chi connectivity index (χ0v) is 11.8. The van der Waals surface area contributed by atoms with E-state index in [4.69, 9.17) is 5.11 Å². The maximum absolute atomic E-state index is 11.6. The molecular weight excluding hydrogens is 278 g/mol. The molecule has 1 N–H and O–H groups in total. The standard InChI is InChI=1S/C14H13NO4S/c1-9-6-11(8-13(15-9)14(16)17)10-4-3-5-12(7-10)20(2,18)19/h3-8H,1-2H3,(H,16,17). The lowest BCUT2D eigenvalue weighted by Crippen LogP contribution is -2.02. The Labute approximate surface area is 116 Å². The molecule has 0 bridgehead atoms. The maximum atomic E-state index is 11.6. The minimum Gasteiger partial charge on any atom is -0.477 e. The molecule has 0 aliphatic carbocycles. The number of hydrogen-bond donors (Lipinski definition) is 1. The fourth-order valence-corrected chi connectivity index (χ4v) is 2.52. The summed E-state index contributed by atoms with van der Waals surface area (Å²) in [6.07, 6.45) is 1.13. The van der Waals surface area contributed by atoms with Gasteiger partial charge in [0, 0.05) is 11.9 Å². The zero-order chi connectivity index (χ0) is 14.9. The third kappa shape index (κ3) is 3.03. The van der Waals surface area contributed by atoms with Crippen LogP contribution in [0, 0.1) is 6.92 Å². The number of carboxylic acid groups (broad SMARTS) is 1. The van der Waals surface area contributed by atoms with Crippen molar-refractivity contribution in [2.75, 3.05) is 6.26 Å². The number of pyridine rings is 1. The van der Waals surface area contributed by atoms with Crippen LogP contribution in [0.4, 0.5) is 0 Å². The Kier molecular flexibility index (Phi) is 3.59. The largest absolute Gasteiger partial charge is 0.477 e. The molecule has 0 atom stereocenters. The number of carboxylic acids is 1. The van der Waals surface area contributed by atoms with Gasteiger partial charge in [-0.05, 0) is 42.3 Å². The molecular formula is C14H13NO4S. The van der Waals surface area contributed by atoms with Gasteiger partial charge in [-0.2, -0.15) is 0 Å². The SMILES string of the molecule is Cc1cc(-c2cccc(S(C)(=O)=O)c2)cc(C(=O)O)n1. The molecule has 2 aromatic rings. The van der Waals surface area contributed by atoms with Crippen molar-refractivity contribution >= 4 is 15.8 Å². The predicted octanol–water partition coefficient (Wildman–Crippen LogP) is 2.16. The Morgan fingerprint density at radius 3 is 2.45 bits per heavy atom. The Morgan fingerprint density at radius 1 is 1.15 bits per heavy atom. The van der Waals surface area contributed by atoms with Gasteiger partial charge in [-0.3, -0.25) is 0 Å². The summed E-state index contributed by atoms with van der Waals surface area (Å²) in [6, 6.07) is 9.53. The Balaban J connectivity index is 2.60. The van der Waals surface area contributed by atoms with E-state index >= 15 is 0 Å². The minimum atomic E-state index is -3.30. The van der Waals surface area contributed by atoms with Crippen LogP contribution in [0.5, 0.6) is 0 Å². The normalized spacial score (nSPS) is 11.3. The molecule has 0 radical (unpaired) electrons. The van der Waals surface area contributed by atoms with Crippen molar-refractivity contribution in [1.29, 1.82) is 0 Å².